The highest BCUT2D eigenvalue weighted by atomic mass is 35.5. The quantitative estimate of drug-likeness (QED) is 0.507. The molecule has 0 amide bonds. The maximum Gasteiger partial charge on any atom is 0.505 e. The number of aromatic nitrogens is 2. The monoisotopic (exact) mass is 414 g/mol. The third-order valence-electron chi connectivity index (χ3n) is 4.46. The molecule has 0 aliphatic carbocycles. The Morgan fingerprint density at radius 3 is 2.61 bits per heavy atom. The Balaban J connectivity index is 1.87. The number of carboxylic acid groups (broad SMARTS) is 1. The first-order valence-electron chi connectivity index (χ1n) is 8.06. The first kappa shape index (κ1) is 18.7. The molecule has 0 spiro atoms. The molecule has 5 nitrogen and oxygen atoms in total. The molecule has 2 aromatic carbocycles. The number of epoxide rings is 1. The number of benzene rings is 2. The number of carbonyl (C=O) groups is 1. The van der Waals surface area contributed by atoms with Gasteiger partial charge in [-0.2, -0.15) is 9.78 Å². The Bertz CT molecular complexity index is 1100. The van der Waals surface area contributed by atoms with Gasteiger partial charge < -0.3 is 9.84 Å². The van der Waals surface area contributed by atoms with Crippen LogP contribution in [0.3, 0.4) is 0 Å². The molecule has 2 atom stereocenters. The van der Waals surface area contributed by atoms with Gasteiger partial charge in [-0.05, 0) is 29.3 Å². The zero-order valence-electron chi connectivity index (χ0n) is 13.9. The van der Waals surface area contributed by atoms with Crippen LogP contribution in [0.5, 0.6) is 0 Å². The standard InChI is InChI=1S/C18H11ClF4N2O3/c19-10-5-4-8(11(20)7-10)6-9-2-1-3-12-13(9)14(15-16(28-15)17(26)27)24-25(12)18(21,22)23/h1-5,7,15-16H,6H2,(H,26,27). The van der Waals surface area contributed by atoms with Crippen LogP contribution in [0, 0.1) is 5.82 Å². The lowest BCUT2D eigenvalue weighted by atomic mass is 9.98. The second kappa shape index (κ2) is 6.46. The predicted octanol–water partition coefficient (Wildman–Crippen LogP) is 4.42. The van der Waals surface area contributed by atoms with E-state index in [9.17, 15) is 22.4 Å². The maximum atomic E-state index is 14.2. The van der Waals surface area contributed by atoms with Crippen LogP contribution >= 0.6 is 11.6 Å². The molecule has 2 unspecified atom stereocenters. The predicted molar refractivity (Wildman–Crippen MR) is 90.5 cm³/mol. The lowest BCUT2D eigenvalue weighted by molar-refractivity contribution is -0.209. The van der Waals surface area contributed by atoms with Crippen molar-refractivity contribution in [1.82, 2.24) is 9.78 Å². The molecule has 1 aromatic heterocycles. The molecule has 1 aliphatic heterocycles. The molecule has 1 N–H and O–H groups in total. The number of ether oxygens (including phenoxy) is 1. The molecule has 3 aromatic rings. The highest BCUT2D eigenvalue weighted by Gasteiger charge is 2.50. The molecule has 28 heavy (non-hydrogen) atoms. The second-order valence-electron chi connectivity index (χ2n) is 6.30. The molecule has 1 fully saturated rings. The number of rotatable bonds is 4. The molecule has 1 aliphatic rings. The minimum atomic E-state index is -4.81. The average Bonchev–Trinajstić information content (AvgIpc) is 3.30. The van der Waals surface area contributed by atoms with Crippen molar-refractivity contribution < 1.29 is 32.2 Å². The molecule has 146 valence electrons. The summed E-state index contributed by atoms with van der Waals surface area (Å²) in [6, 6.07) is 8.20. The number of aliphatic carboxylic acids is 1. The summed E-state index contributed by atoms with van der Waals surface area (Å²) in [6.45, 7) is 0. The van der Waals surface area contributed by atoms with Crippen molar-refractivity contribution in [1.29, 1.82) is 0 Å². The summed E-state index contributed by atoms with van der Waals surface area (Å²) >= 11 is 5.74. The molecule has 10 heteroatoms. The number of hydrogen-bond acceptors (Lipinski definition) is 3. The van der Waals surface area contributed by atoms with Gasteiger partial charge in [0.25, 0.3) is 0 Å². The fourth-order valence-electron chi connectivity index (χ4n) is 3.19. The van der Waals surface area contributed by atoms with Gasteiger partial charge >= 0.3 is 12.3 Å². The Morgan fingerprint density at radius 2 is 2.00 bits per heavy atom. The number of hydrogen-bond donors (Lipinski definition) is 1. The van der Waals surface area contributed by atoms with Gasteiger partial charge in [0.1, 0.15) is 17.6 Å². The first-order valence-corrected chi connectivity index (χ1v) is 8.44. The van der Waals surface area contributed by atoms with Gasteiger partial charge in [0.05, 0.1) is 5.52 Å². The van der Waals surface area contributed by atoms with Gasteiger partial charge in [-0.3, -0.25) is 0 Å². The normalized spacial score (nSPS) is 19.2. The molecule has 1 saturated heterocycles. The lowest BCUT2D eigenvalue weighted by Gasteiger charge is -2.09. The maximum absolute atomic E-state index is 14.2. The summed E-state index contributed by atoms with van der Waals surface area (Å²) in [5.41, 5.74) is 0.205. The fourth-order valence-corrected chi connectivity index (χ4v) is 3.35. The Kier molecular flexibility index (Phi) is 4.31. The minimum Gasteiger partial charge on any atom is -0.479 e. The van der Waals surface area contributed by atoms with Gasteiger partial charge in [0.15, 0.2) is 6.10 Å². The van der Waals surface area contributed by atoms with Crippen molar-refractivity contribution in [2.45, 2.75) is 24.9 Å². The summed E-state index contributed by atoms with van der Waals surface area (Å²) in [4.78, 5) is 11.1. The van der Waals surface area contributed by atoms with E-state index in [1.165, 1.54) is 24.3 Å². The van der Waals surface area contributed by atoms with E-state index in [2.05, 4.69) is 5.10 Å². The van der Waals surface area contributed by atoms with Crippen LogP contribution in [0.15, 0.2) is 36.4 Å². The van der Waals surface area contributed by atoms with Crippen molar-refractivity contribution in [3.8, 4) is 0 Å². The van der Waals surface area contributed by atoms with Gasteiger partial charge in [0, 0.05) is 16.8 Å². The number of alkyl halides is 3. The Morgan fingerprint density at radius 1 is 1.25 bits per heavy atom. The average molecular weight is 415 g/mol. The van der Waals surface area contributed by atoms with E-state index in [1.807, 2.05) is 0 Å². The van der Waals surface area contributed by atoms with Crippen molar-refractivity contribution in [2.75, 3.05) is 0 Å². The van der Waals surface area contributed by atoms with Crippen molar-refractivity contribution in [3.63, 3.8) is 0 Å². The number of halogens is 5. The highest BCUT2D eigenvalue weighted by molar-refractivity contribution is 6.30. The van der Waals surface area contributed by atoms with E-state index < -0.39 is 30.3 Å². The topological polar surface area (TPSA) is 67.7 Å². The van der Waals surface area contributed by atoms with Gasteiger partial charge in [-0.1, -0.05) is 29.8 Å². The van der Waals surface area contributed by atoms with Gasteiger partial charge in [0.2, 0.25) is 0 Å². The number of carboxylic acids is 1. The summed E-state index contributed by atoms with van der Waals surface area (Å²) in [6.07, 6.45) is -7.20. The van der Waals surface area contributed by atoms with Crippen LogP contribution in [0.4, 0.5) is 17.6 Å². The van der Waals surface area contributed by atoms with E-state index >= 15 is 0 Å². The van der Waals surface area contributed by atoms with Crippen LogP contribution in [-0.2, 0) is 22.3 Å². The van der Waals surface area contributed by atoms with Crippen LogP contribution in [0.1, 0.15) is 22.9 Å². The SMILES string of the molecule is O=C(O)C1OC1c1nn(C(F)(F)F)c2cccc(Cc3ccc(Cl)cc3F)c12. The van der Waals surface area contributed by atoms with Crippen molar-refractivity contribution in [3.05, 3.63) is 64.1 Å². The smallest absolute Gasteiger partial charge is 0.479 e. The lowest BCUT2D eigenvalue weighted by Crippen LogP contribution is -2.18. The molecular formula is C18H11ClF4N2O3. The highest BCUT2D eigenvalue weighted by Crippen LogP contribution is 2.44. The largest absolute Gasteiger partial charge is 0.505 e. The van der Waals surface area contributed by atoms with E-state index in [0.29, 0.717) is 5.56 Å². The second-order valence-corrected chi connectivity index (χ2v) is 6.74. The third kappa shape index (κ3) is 3.20. The summed E-state index contributed by atoms with van der Waals surface area (Å²) < 4.78 is 59.3. The summed E-state index contributed by atoms with van der Waals surface area (Å²) in [5.74, 6) is -1.89. The minimum absolute atomic E-state index is 0.0264. The van der Waals surface area contributed by atoms with Crippen molar-refractivity contribution in [2.24, 2.45) is 0 Å². The molecule has 0 bridgehead atoms. The van der Waals surface area contributed by atoms with Crippen LogP contribution < -0.4 is 0 Å². The van der Waals surface area contributed by atoms with E-state index in [4.69, 9.17) is 21.4 Å². The van der Waals surface area contributed by atoms with E-state index in [0.717, 1.165) is 6.07 Å². The summed E-state index contributed by atoms with van der Waals surface area (Å²) in [7, 11) is 0. The first-order chi connectivity index (χ1) is 13.2. The van der Waals surface area contributed by atoms with Crippen LogP contribution in [0.2, 0.25) is 5.02 Å². The van der Waals surface area contributed by atoms with Gasteiger partial charge in [-0.25, -0.2) is 9.18 Å². The van der Waals surface area contributed by atoms with Gasteiger partial charge in [-0.15, -0.1) is 13.2 Å². The zero-order chi connectivity index (χ0) is 20.2. The zero-order valence-corrected chi connectivity index (χ0v) is 14.6. The van der Waals surface area contributed by atoms with Crippen LogP contribution in [0.25, 0.3) is 10.9 Å². The van der Waals surface area contributed by atoms with E-state index in [1.54, 1.807) is 6.07 Å². The molecule has 0 saturated carbocycles. The van der Waals surface area contributed by atoms with E-state index in [-0.39, 0.29) is 38.3 Å². The molecule has 0 radical (unpaired) electrons. The summed E-state index contributed by atoms with van der Waals surface area (Å²) in [5, 5.41) is 12.9. The van der Waals surface area contributed by atoms with Crippen LogP contribution in [-0.4, -0.2) is 27.0 Å². The molecule has 2 heterocycles. The Labute approximate surface area is 160 Å². The molecule has 4 rings (SSSR count). The third-order valence-corrected chi connectivity index (χ3v) is 4.70. The fraction of sp³-hybridized carbons (Fsp3) is 0.222. The number of nitrogens with zero attached hydrogens (tertiary/aromatic N) is 2. The van der Waals surface area contributed by atoms with Crippen molar-refractivity contribution >= 4 is 28.5 Å². The Hall–Kier alpha value is -2.65. The number of fused-ring (bicyclic) bond motifs is 1. The molecular weight excluding hydrogens is 404 g/mol.